The van der Waals surface area contributed by atoms with Gasteiger partial charge in [0, 0.05) is 35.6 Å². The zero-order valence-corrected chi connectivity index (χ0v) is 19.2. The van der Waals surface area contributed by atoms with Crippen molar-refractivity contribution in [1.82, 2.24) is 14.5 Å². The molecule has 33 heavy (non-hydrogen) atoms. The van der Waals surface area contributed by atoms with Crippen LogP contribution in [-0.2, 0) is 11.3 Å². The molecule has 2 aliphatic rings. The number of fused-ring (bicyclic) bond motifs is 3. The summed E-state index contributed by atoms with van der Waals surface area (Å²) < 4.78 is 7.26. The lowest BCUT2D eigenvalue weighted by atomic mass is 10.1. The fourth-order valence-electron chi connectivity index (χ4n) is 4.63. The van der Waals surface area contributed by atoms with Gasteiger partial charge < -0.3 is 9.64 Å². The molecule has 1 saturated heterocycles. The van der Waals surface area contributed by atoms with Crippen molar-refractivity contribution in [3.05, 3.63) is 74.3 Å². The van der Waals surface area contributed by atoms with Crippen LogP contribution in [0.2, 0.25) is 10.0 Å². The fourth-order valence-corrected chi connectivity index (χ4v) is 5.16. The van der Waals surface area contributed by atoms with E-state index in [4.69, 9.17) is 37.9 Å². The van der Waals surface area contributed by atoms with Crippen LogP contribution in [-0.4, -0.2) is 40.8 Å². The van der Waals surface area contributed by atoms with Crippen LogP contribution in [0, 0.1) is 0 Å². The van der Waals surface area contributed by atoms with Crippen LogP contribution in [0.15, 0.2) is 47.3 Å². The number of para-hydroxylation sites is 1. The van der Waals surface area contributed by atoms with Crippen molar-refractivity contribution >= 4 is 62.5 Å². The van der Waals surface area contributed by atoms with Gasteiger partial charge in [-0.2, -0.15) is 0 Å². The third kappa shape index (κ3) is 3.59. The summed E-state index contributed by atoms with van der Waals surface area (Å²) in [6.07, 6.45) is 2.82. The number of halogens is 2. The van der Waals surface area contributed by atoms with E-state index in [0.717, 1.165) is 40.9 Å². The van der Waals surface area contributed by atoms with Crippen LogP contribution in [0.4, 0.5) is 5.82 Å². The van der Waals surface area contributed by atoms with Gasteiger partial charge in [-0.1, -0.05) is 41.4 Å². The maximum Gasteiger partial charge on any atom is 0.261 e. The average molecular weight is 479 g/mol. The molecule has 166 valence electrons. The smallest absolute Gasteiger partial charge is 0.261 e. The molecule has 0 atom stereocenters. The molecule has 2 aromatic heterocycles. The summed E-state index contributed by atoms with van der Waals surface area (Å²) >= 11 is 12.5. The second kappa shape index (κ2) is 8.13. The number of anilines is 1. The number of benzene rings is 2. The molecule has 2 aliphatic heterocycles. The molecule has 2 aromatic carbocycles. The van der Waals surface area contributed by atoms with Gasteiger partial charge in [0.15, 0.2) is 0 Å². The average Bonchev–Trinajstić information content (AvgIpc) is 3.23. The van der Waals surface area contributed by atoms with Crippen molar-refractivity contribution in [2.75, 3.05) is 31.2 Å². The Bertz CT molecular complexity index is 1510. The predicted octanol–water partition coefficient (Wildman–Crippen LogP) is 5.03. The minimum Gasteiger partial charge on any atom is -0.378 e. The molecule has 6 nitrogen and oxygen atoms in total. The number of hydrogen-bond donors (Lipinski definition) is 0. The highest BCUT2D eigenvalue weighted by Crippen LogP contribution is 2.33. The fraction of sp³-hybridized carbons (Fsp3) is 0.240. The SMILES string of the molecule is O=c1c2cc(Cl)cc(Cl)c2nc2n1CC/C2=C\c1cc2ccccc2nc1N1CCOCC1. The van der Waals surface area contributed by atoms with Gasteiger partial charge in [0.2, 0.25) is 0 Å². The molecular weight excluding hydrogens is 459 g/mol. The highest BCUT2D eigenvalue weighted by molar-refractivity contribution is 6.38. The summed E-state index contributed by atoms with van der Waals surface area (Å²) in [7, 11) is 0. The Morgan fingerprint density at radius 2 is 1.82 bits per heavy atom. The van der Waals surface area contributed by atoms with Crippen LogP contribution >= 0.6 is 23.2 Å². The minimum atomic E-state index is -0.118. The van der Waals surface area contributed by atoms with Crippen LogP contribution in [0.3, 0.4) is 0 Å². The van der Waals surface area contributed by atoms with Gasteiger partial charge in [0.1, 0.15) is 11.6 Å². The molecule has 0 amide bonds. The standard InChI is InChI=1S/C25H20Cl2N4O2/c26-18-13-19-22(20(27)14-18)29-24-16(5-6-31(24)25(19)32)12-17-11-15-3-1-2-4-21(15)28-23(17)30-7-9-33-10-8-30/h1-4,11-14H,5-10H2/b16-12+. The van der Waals surface area contributed by atoms with Crippen LogP contribution < -0.4 is 10.5 Å². The van der Waals surface area contributed by atoms with Crippen LogP contribution in [0.5, 0.6) is 0 Å². The van der Waals surface area contributed by atoms with Gasteiger partial charge in [-0.3, -0.25) is 9.36 Å². The molecular formula is C25H20Cl2N4O2. The molecule has 4 aromatic rings. The van der Waals surface area contributed by atoms with Gasteiger partial charge in [0.25, 0.3) is 5.56 Å². The number of rotatable bonds is 2. The van der Waals surface area contributed by atoms with Gasteiger partial charge in [-0.05, 0) is 42.3 Å². The number of hydrogen-bond acceptors (Lipinski definition) is 5. The highest BCUT2D eigenvalue weighted by Gasteiger charge is 2.24. The van der Waals surface area contributed by atoms with Gasteiger partial charge >= 0.3 is 0 Å². The quantitative estimate of drug-likeness (QED) is 0.404. The Morgan fingerprint density at radius 1 is 1.00 bits per heavy atom. The van der Waals surface area contributed by atoms with E-state index in [0.29, 0.717) is 53.0 Å². The van der Waals surface area contributed by atoms with E-state index in [-0.39, 0.29) is 5.56 Å². The number of aromatic nitrogens is 3. The monoisotopic (exact) mass is 478 g/mol. The molecule has 0 aliphatic carbocycles. The third-order valence-corrected chi connectivity index (χ3v) is 6.75. The lowest BCUT2D eigenvalue weighted by Crippen LogP contribution is -2.37. The molecule has 1 fully saturated rings. The van der Waals surface area contributed by atoms with E-state index in [1.54, 1.807) is 16.7 Å². The third-order valence-electron chi connectivity index (χ3n) is 6.24. The molecule has 0 saturated carbocycles. The first kappa shape index (κ1) is 20.7. The number of pyridine rings is 1. The zero-order chi connectivity index (χ0) is 22.5. The van der Waals surface area contributed by atoms with Crippen molar-refractivity contribution < 1.29 is 4.74 Å². The van der Waals surface area contributed by atoms with Crippen molar-refractivity contribution in [3.8, 4) is 0 Å². The molecule has 8 heteroatoms. The summed E-state index contributed by atoms with van der Waals surface area (Å²) in [5.74, 6) is 1.58. The molecule has 4 heterocycles. The normalized spacial score (nSPS) is 17.3. The summed E-state index contributed by atoms with van der Waals surface area (Å²) in [6.45, 7) is 3.50. The molecule has 0 radical (unpaired) electrons. The van der Waals surface area contributed by atoms with E-state index >= 15 is 0 Å². The second-order valence-electron chi connectivity index (χ2n) is 8.29. The maximum absolute atomic E-state index is 13.2. The van der Waals surface area contributed by atoms with Crippen LogP contribution in [0.1, 0.15) is 17.8 Å². The van der Waals surface area contributed by atoms with E-state index in [9.17, 15) is 4.79 Å². The summed E-state index contributed by atoms with van der Waals surface area (Å²) in [4.78, 5) is 25.2. The number of ether oxygens (including phenoxy) is 1. The summed E-state index contributed by atoms with van der Waals surface area (Å²) in [5.41, 5.74) is 3.32. The Kier molecular flexibility index (Phi) is 5.09. The molecule has 6 rings (SSSR count). The molecule has 0 spiro atoms. The van der Waals surface area contributed by atoms with Gasteiger partial charge in [-0.25, -0.2) is 9.97 Å². The first-order chi connectivity index (χ1) is 16.1. The molecule has 0 bridgehead atoms. The highest BCUT2D eigenvalue weighted by atomic mass is 35.5. The first-order valence-electron chi connectivity index (χ1n) is 10.9. The van der Waals surface area contributed by atoms with Crippen molar-refractivity contribution in [2.24, 2.45) is 0 Å². The number of morpholine rings is 1. The van der Waals surface area contributed by atoms with E-state index in [1.165, 1.54) is 0 Å². The van der Waals surface area contributed by atoms with Crippen molar-refractivity contribution in [2.45, 2.75) is 13.0 Å². The largest absolute Gasteiger partial charge is 0.378 e. The first-order valence-corrected chi connectivity index (χ1v) is 11.7. The number of nitrogens with zero attached hydrogens (tertiary/aromatic N) is 4. The maximum atomic E-state index is 13.2. The van der Waals surface area contributed by atoms with E-state index in [2.05, 4.69) is 23.1 Å². The Labute approximate surface area is 200 Å². The zero-order valence-electron chi connectivity index (χ0n) is 17.7. The number of allylic oxidation sites excluding steroid dienone is 1. The van der Waals surface area contributed by atoms with E-state index in [1.807, 2.05) is 18.2 Å². The lowest BCUT2D eigenvalue weighted by molar-refractivity contribution is 0.122. The topological polar surface area (TPSA) is 60.2 Å². The van der Waals surface area contributed by atoms with E-state index < -0.39 is 0 Å². The van der Waals surface area contributed by atoms with Gasteiger partial charge in [-0.15, -0.1) is 0 Å². The van der Waals surface area contributed by atoms with Crippen LogP contribution in [0.25, 0.3) is 33.5 Å². The minimum absolute atomic E-state index is 0.118. The second-order valence-corrected chi connectivity index (χ2v) is 9.13. The molecule has 0 N–H and O–H groups in total. The lowest BCUT2D eigenvalue weighted by Gasteiger charge is -2.29. The molecule has 0 unspecified atom stereocenters. The van der Waals surface area contributed by atoms with Crippen molar-refractivity contribution in [3.63, 3.8) is 0 Å². The Morgan fingerprint density at radius 3 is 2.67 bits per heavy atom. The summed E-state index contributed by atoms with van der Waals surface area (Å²) in [6, 6.07) is 13.5. The Hall–Kier alpha value is -2.93. The Balaban J connectivity index is 1.54. The summed E-state index contributed by atoms with van der Waals surface area (Å²) in [5, 5.41) is 2.32. The van der Waals surface area contributed by atoms with Crippen molar-refractivity contribution in [1.29, 1.82) is 0 Å². The van der Waals surface area contributed by atoms with Gasteiger partial charge in [0.05, 0.1) is 34.7 Å². The predicted molar refractivity (Wildman–Crippen MR) is 133 cm³/mol.